The fourth-order valence-electron chi connectivity index (χ4n) is 2.53. The highest BCUT2D eigenvalue weighted by Gasteiger charge is 2.18. The van der Waals surface area contributed by atoms with Crippen LogP contribution in [0.3, 0.4) is 0 Å². The van der Waals surface area contributed by atoms with Crippen molar-refractivity contribution in [3.8, 4) is 0 Å². The van der Waals surface area contributed by atoms with Crippen molar-refractivity contribution in [3.05, 3.63) is 89.5 Å². The van der Waals surface area contributed by atoms with E-state index in [9.17, 15) is 14.0 Å². The van der Waals surface area contributed by atoms with E-state index in [1.807, 2.05) is 12.1 Å². The zero-order valence-electron chi connectivity index (χ0n) is 13.4. The second-order valence-corrected chi connectivity index (χ2v) is 5.70. The Morgan fingerprint density at radius 3 is 2.48 bits per heavy atom. The van der Waals surface area contributed by atoms with Crippen LogP contribution in [0, 0.1) is 5.82 Å². The van der Waals surface area contributed by atoms with E-state index < -0.39 is 11.8 Å². The lowest BCUT2D eigenvalue weighted by Gasteiger charge is -2.08. The minimum atomic E-state index is -0.406. The number of esters is 1. The maximum atomic E-state index is 13.6. The number of carbonyl (C=O) groups is 2. The number of cyclic esters (lactones) is 1. The summed E-state index contributed by atoms with van der Waals surface area (Å²) in [7, 11) is 0. The van der Waals surface area contributed by atoms with Crippen LogP contribution in [-0.4, -0.2) is 11.9 Å². The average molecular weight is 337 g/mol. The zero-order chi connectivity index (χ0) is 17.8. The van der Waals surface area contributed by atoms with Gasteiger partial charge in [0.2, 0.25) is 5.91 Å². The van der Waals surface area contributed by atoms with Crippen molar-refractivity contribution < 1.29 is 18.7 Å². The van der Waals surface area contributed by atoms with Gasteiger partial charge in [0, 0.05) is 23.8 Å². The highest BCUT2D eigenvalue weighted by Crippen LogP contribution is 2.22. The molecule has 4 nitrogen and oxygen atoms in total. The van der Waals surface area contributed by atoms with Crippen molar-refractivity contribution in [1.29, 1.82) is 0 Å². The molecule has 0 saturated carbocycles. The molecule has 0 aromatic heterocycles. The van der Waals surface area contributed by atoms with Crippen LogP contribution in [0.2, 0.25) is 0 Å². The smallest absolute Gasteiger partial charge is 0.336 e. The number of carbonyl (C=O) groups excluding carboxylic acids is 2. The van der Waals surface area contributed by atoms with E-state index in [-0.39, 0.29) is 12.3 Å². The van der Waals surface area contributed by atoms with E-state index in [4.69, 9.17) is 4.74 Å². The van der Waals surface area contributed by atoms with Gasteiger partial charge in [-0.1, -0.05) is 36.9 Å². The number of ether oxygens (including phenoxy) is 1. The van der Waals surface area contributed by atoms with E-state index in [0.717, 1.165) is 11.1 Å². The first-order chi connectivity index (χ1) is 12.0. The third kappa shape index (κ3) is 4.20. The van der Waals surface area contributed by atoms with Crippen molar-refractivity contribution in [2.24, 2.45) is 0 Å². The lowest BCUT2D eigenvalue weighted by molar-refractivity contribution is -0.132. The molecule has 5 heteroatoms. The van der Waals surface area contributed by atoms with Gasteiger partial charge < -0.3 is 10.1 Å². The number of halogens is 1. The largest absolute Gasteiger partial charge is 0.424 e. The third-order valence-corrected chi connectivity index (χ3v) is 3.82. The van der Waals surface area contributed by atoms with Gasteiger partial charge in [0.05, 0.1) is 6.42 Å². The molecule has 2 aromatic carbocycles. The summed E-state index contributed by atoms with van der Waals surface area (Å²) in [6, 6.07) is 13.4. The van der Waals surface area contributed by atoms with Crippen molar-refractivity contribution in [2.75, 3.05) is 5.32 Å². The zero-order valence-corrected chi connectivity index (χ0v) is 13.4. The number of rotatable bonds is 5. The normalized spacial score (nSPS) is 13.4. The van der Waals surface area contributed by atoms with Gasteiger partial charge in [0.15, 0.2) is 0 Å². The number of anilines is 1. The minimum Gasteiger partial charge on any atom is -0.424 e. The van der Waals surface area contributed by atoms with Crippen molar-refractivity contribution in [3.63, 3.8) is 0 Å². The van der Waals surface area contributed by atoms with Crippen LogP contribution >= 0.6 is 0 Å². The third-order valence-electron chi connectivity index (χ3n) is 3.82. The molecular weight excluding hydrogens is 321 g/mol. The van der Waals surface area contributed by atoms with Crippen molar-refractivity contribution >= 4 is 17.6 Å². The molecule has 0 spiro atoms. The van der Waals surface area contributed by atoms with Crippen LogP contribution in [0.1, 0.15) is 11.1 Å². The predicted molar refractivity (Wildman–Crippen MR) is 92.2 cm³/mol. The monoisotopic (exact) mass is 337 g/mol. The van der Waals surface area contributed by atoms with Gasteiger partial charge in [-0.15, -0.1) is 0 Å². The van der Waals surface area contributed by atoms with Gasteiger partial charge in [-0.25, -0.2) is 9.18 Å². The molecule has 2 aromatic rings. The lowest BCUT2D eigenvalue weighted by Crippen LogP contribution is -2.15. The molecule has 1 N–H and O–H groups in total. The van der Waals surface area contributed by atoms with Crippen molar-refractivity contribution in [2.45, 2.75) is 12.8 Å². The first-order valence-corrected chi connectivity index (χ1v) is 7.75. The summed E-state index contributed by atoms with van der Waals surface area (Å²) in [5, 5.41) is 2.74. The van der Waals surface area contributed by atoms with Crippen LogP contribution < -0.4 is 5.32 Å². The fraction of sp³-hybridized carbons (Fsp3) is 0.100. The maximum absolute atomic E-state index is 13.6. The second kappa shape index (κ2) is 7.13. The van der Waals surface area contributed by atoms with Gasteiger partial charge in [0.25, 0.3) is 0 Å². The molecular formula is C20H16FNO3. The molecule has 0 fully saturated rings. The predicted octanol–water partition coefficient (Wildman–Crippen LogP) is 3.55. The Morgan fingerprint density at radius 2 is 1.84 bits per heavy atom. The summed E-state index contributed by atoms with van der Waals surface area (Å²) in [6.45, 7) is 3.69. The van der Waals surface area contributed by atoms with Crippen LogP contribution in [0.5, 0.6) is 0 Å². The molecule has 126 valence electrons. The van der Waals surface area contributed by atoms with Crippen LogP contribution in [-0.2, 0) is 27.2 Å². The molecule has 0 radical (unpaired) electrons. The number of benzene rings is 2. The Hall–Kier alpha value is -3.21. The van der Waals surface area contributed by atoms with E-state index in [2.05, 4.69) is 11.9 Å². The summed E-state index contributed by atoms with van der Waals surface area (Å²) in [4.78, 5) is 23.2. The number of nitrogens with one attached hydrogen (secondary N) is 1. The number of hydrogen-bond acceptors (Lipinski definition) is 3. The van der Waals surface area contributed by atoms with Gasteiger partial charge >= 0.3 is 5.97 Å². The molecule has 0 bridgehead atoms. The Labute approximate surface area is 144 Å². The van der Waals surface area contributed by atoms with Gasteiger partial charge in [-0.05, 0) is 29.3 Å². The molecule has 25 heavy (non-hydrogen) atoms. The molecule has 1 aliphatic heterocycles. The number of amides is 1. The lowest BCUT2D eigenvalue weighted by atomic mass is 10.0. The average Bonchev–Trinajstić information content (AvgIpc) is 2.89. The van der Waals surface area contributed by atoms with Gasteiger partial charge in [-0.2, -0.15) is 0 Å². The molecule has 3 rings (SSSR count). The number of allylic oxidation sites excluding steroid dienone is 1. The minimum absolute atomic E-state index is 0.0272. The Bertz CT molecular complexity index is 869. The maximum Gasteiger partial charge on any atom is 0.336 e. The Kier molecular flexibility index (Phi) is 4.75. The fourth-order valence-corrected chi connectivity index (χ4v) is 2.53. The van der Waals surface area contributed by atoms with Crippen molar-refractivity contribution in [1.82, 2.24) is 0 Å². The van der Waals surface area contributed by atoms with E-state index in [1.165, 1.54) is 12.1 Å². The van der Waals surface area contributed by atoms with Crippen LogP contribution in [0.15, 0.2) is 72.5 Å². The van der Waals surface area contributed by atoms with E-state index in [1.54, 1.807) is 30.3 Å². The topological polar surface area (TPSA) is 55.4 Å². The Balaban J connectivity index is 1.60. The highest BCUT2D eigenvalue weighted by molar-refractivity contribution is 5.92. The first-order valence-electron chi connectivity index (χ1n) is 7.75. The van der Waals surface area contributed by atoms with Crippen LogP contribution in [0.25, 0.3) is 0 Å². The summed E-state index contributed by atoms with van der Waals surface area (Å²) < 4.78 is 18.4. The van der Waals surface area contributed by atoms with E-state index >= 15 is 0 Å². The highest BCUT2D eigenvalue weighted by atomic mass is 19.1. The SMILES string of the molecule is C=C1OC(=O)C=C1Cc1ccc(NC(=O)Cc2ccccc2F)cc1. The molecule has 0 saturated heterocycles. The van der Waals surface area contributed by atoms with E-state index in [0.29, 0.717) is 23.4 Å². The molecule has 1 heterocycles. The quantitative estimate of drug-likeness (QED) is 0.849. The van der Waals surface area contributed by atoms with Gasteiger partial charge in [-0.3, -0.25) is 4.79 Å². The summed E-state index contributed by atoms with van der Waals surface area (Å²) in [6.07, 6.45) is 1.92. The first kappa shape index (κ1) is 16.6. The number of hydrogen-bond donors (Lipinski definition) is 1. The molecule has 0 aliphatic carbocycles. The molecule has 0 unspecified atom stereocenters. The molecule has 1 aliphatic rings. The second-order valence-electron chi connectivity index (χ2n) is 5.70. The van der Waals surface area contributed by atoms with Crippen LogP contribution in [0.4, 0.5) is 10.1 Å². The molecule has 0 atom stereocenters. The summed E-state index contributed by atoms with van der Waals surface area (Å²) in [5.74, 6) is -0.720. The standard InChI is InChI=1S/C20H16FNO3/c1-13-16(12-20(24)25-13)10-14-6-8-17(9-7-14)22-19(23)11-15-4-2-3-5-18(15)21/h2-9,12H,1,10-11H2,(H,22,23). The van der Waals surface area contributed by atoms with Gasteiger partial charge in [0.1, 0.15) is 11.6 Å². The summed E-state index contributed by atoms with van der Waals surface area (Å²) >= 11 is 0. The summed E-state index contributed by atoms with van der Waals surface area (Å²) in [5.41, 5.74) is 2.67. The Morgan fingerprint density at radius 1 is 1.12 bits per heavy atom. The molecule has 1 amide bonds.